The minimum absolute atomic E-state index is 0.0826. The van der Waals surface area contributed by atoms with Crippen molar-refractivity contribution in [2.75, 3.05) is 0 Å². The number of aromatic nitrogens is 2. The molecular weight excluding hydrogens is 357 g/mol. The lowest BCUT2D eigenvalue weighted by Gasteiger charge is -2.23. The van der Waals surface area contributed by atoms with Crippen molar-refractivity contribution in [1.82, 2.24) is 15.1 Å². The van der Waals surface area contributed by atoms with Crippen LogP contribution >= 0.6 is 0 Å². The summed E-state index contributed by atoms with van der Waals surface area (Å²) in [5.41, 5.74) is -1.16. The minimum atomic E-state index is -4.49. The molecule has 1 amide bonds. The summed E-state index contributed by atoms with van der Waals surface area (Å²) in [6, 6.07) is 4.49. The van der Waals surface area contributed by atoms with Crippen molar-refractivity contribution in [2.45, 2.75) is 45.0 Å². The van der Waals surface area contributed by atoms with E-state index in [1.165, 1.54) is 24.0 Å². The number of hydrogen-bond acceptors (Lipinski definition) is 2. The van der Waals surface area contributed by atoms with Crippen LogP contribution in [0.4, 0.5) is 22.0 Å². The van der Waals surface area contributed by atoms with Gasteiger partial charge in [0, 0.05) is 18.3 Å². The highest BCUT2D eigenvalue weighted by Gasteiger charge is 2.37. The zero-order chi connectivity index (χ0) is 19.1. The van der Waals surface area contributed by atoms with E-state index in [0.29, 0.717) is 18.4 Å². The highest BCUT2D eigenvalue weighted by Crippen LogP contribution is 2.34. The molecule has 1 aromatic carbocycles. The monoisotopic (exact) mass is 373 g/mol. The van der Waals surface area contributed by atoms with Gasteiger partial charge in [-0.2, -0.15) is 18.3 Å². The van der Waals surface area contributed by atoms with Crippen molar-refractivity contribution in [3.8, 4) is 0 Å². The van der Waals surface area contributed by atoms with Gasteiger partial charge in [0.15, 0.2) is 0 Å². The van der Waals surface area contributed by atoms with Crippen molar-refractivity contribution in [3.63, 3.8) is 0 Å². The normalized spacial score (nSPS) is 14.7. The topological polar surface area (TPSA) is 49.0 Å². The van der Waals surface area contributed by atoms with E-state index in [1.807, 2.05) is 0 Å². The van der Waals surface area contributed by atoms with Crippen molar-refractivity contribution in [2.24, 2.45) is 0 Å². The molecule has 26 heavy (non-hydrogen) atoms. The summed E-state index contributed by atoms with van der Waals surface area (Å²) >= 11 is 0. The number of hydrogen-bond donors (Lipinski definition) is 1. The van der Waals surface area contributed by atoms with Gasteiger partial charge in [0.25, 0.3) is 12.3 Å². The van der Waals surface area contributed by atoms with Gasteiger partial charge in [-0.15, -0.1) is 0 Å². The molecule has 1 N–H and O–H groups in total. The van der Waals surface area contributed by atoms with Crippen LogP contribution in [0.3, 0.4) is 0 Å². The second-order valence-corrected chi connectivity index (χ2v) is 6.27. The Hall–Kier alpha value is -2.45. The Morgan fingerprint density at radius 1 is 1.35 bits per heavy atom. The minimum Gasteiger partial charge on any atom is -0.331 e. The first-order chi connectivity index (χ1) is 12.2. The Kier molecular flexibility index (Phi) is 4.72. The Morgan fingerprint density at radius 3 is 2.62 bits per heavy atom. The maximum absolute atomic E-state index is 13.1. The van der Waals surface area contributed by atoms with Gasteiger partial charge in [0.2, 0.25) is 0 Å². The first-order valence-corrected chi connectivity index (χ1v) is 7.98. The fourth-order valence-electron chi connectivity index (χ4n) is 2.82. The van der Waals surface area contributed by atoms with Gasteiger partial charge >= 0.3 is 6.18 Å². The molecule has 0 unspecified atom stereocenters. The van der Waals surface area contributed by atoms with Crippen LogP contribution in [-0.2, 0) is 12.7 Å². The Morgan fingerprint density at radius 2 is 2.04 bits per heavy atom. The summed E-state index contributed by atoms with van der Waals surface area (Å²) < 4.78 is 64.9. The van der Waals surface area contributed by atoms with Crippen LogP contribution in [0.15, 0.2) is 24.3 Å². The second-order valence-electron chi connectivity index (χ2n) is 6.27. The van der Waals surface area contributed by atoms with Gasteiger partial charge in [-0.25, -0.2) is 8.78 Å². The number of halogens is 5. The van der Waals surface area contributed by atoms with E-state index in [9.17, 15) is 26.7 Å². The molecule has 1 heterocycles. The molecule has 140 valence electrons. The molecule has 0 spiro atoms. The summed E-state index contributed by atoms with van der Waals surface area (Å²) in [5.74, 6) is -0.647. The SMILES string of the molecule is Cc1[nH]nc(C(F)F)c1C(=O)N(Cc1cccc(C(F)(F)F)c1)C1CC1. The first kappa shape index (κ1) is 18.3. The number of benzene rings is 1. The van der Waals surface area contributed by atoms with Gasteiger partial charge in [0.1, 0.15) is 5.69 Å². The van der Waals surface area contributed by atoms with Crippen molar-refractivity contribution in [1.29, 1.82) is 0 Å². The summed E-state index contributed by atoms with van der Waals surface area (Å²) in [6.45, 7) is 1.38. The molecule has 1 aliphatic rings. The third kappa shape index (κ3) is 3.71. The third-order valence-electron chi connectivity index (χ3n) is 4.25. The number of amides is 1. The lowest BCUT2D eigenvalue weighted by Crippen LogP contribution is -2.33. The van der Waals surface area contributed by atoms with E-state index in [-0.39, 0.29) is 23.8 Å². The molecule has 0 aliphatic heterocycles. The number of nitrogens with one attached hydrogen (secondary N) is 1. The van der Waals surface area contributed by atoms with Crippen molar-refractivity contribution in [3.05, 3.63) is 52.3 Å². The van der Waals surface area contributed by atoms with Gasteiger partial charge in [-0.05, 0) is 37.5 Å². The lowest BCUT2D eigenvalue weighted by atomic mass is 10.1. The van der Waals surface area contributed by atoms with E-state index in [4.69, 9.17) is 0 Å². The van der Waals surface area contributed by atoms with E-state index >= 15 is 0 Å². The molecular formula is C17H16F5N3O. The fourth-order valence-corrected chi connectivity index (χ4v) is 2.82. The van der Waals surface area contributed by atoms with Gasteiger partial charge in [0.05, 0.1) is 11.1 Å². The summed E-state index contributed by atoms with van der Waals surface area (Å²) in [7, 11) is 0. The quantitative estimate of drug-likeness (QED) is 0.786. The summed E-state index contributed by atoms with van der Waals surface area (Å²) in [5, 5.41) is 5.86. The summed E-state index contributed by atoms with van der Waals surface area (Å²) in [4.78, 5) is 14.2. The van der Waals surface area contributed by atoms with Crippen molar-refractivity contribution >= 4 is 5.91 Å². The first-order valence-electron chi connectivity index (χ1n) is 7.98. The molecule has 1 aliphatic carbocycles. The lowest BCUT2D eigenvalue weighted by molar-refractivity contribution is -0.137. The van der Waals surface area contributed by atoms with Crippen LogP contribution in [0.1, 0.15) is 52.1 Å². The van der Waals surface area contributed by atoms with Crippen molar-refractivity contribution < 1.29 is 26.7 Å². The Labute approximate surface area is 146 Å². The van der Waals surface area contributed by atoms with Gasteiger partial charge in [-0.3, -0.25) is 9.89 Å². The Balaban J connectivity index is 1.90. The van der Waals surface area contributed by atoms with E-state index < -0.39 is 29.8 Å². The average molecular weight is 373 g/mol. The maximum atomic E-state index is 13.1. The molecule has 1 saturated carbocycles. The number of carbonyl (C=O) groups excluding carboxylic acids is 1. The molecule has 2 aromatic rings. The van der Waals surface area contributed by atoms with Crippen LogP contribution in [0.5, 0.6) is 0 Å². The predicted octanol–water partition coefficient (Wildman–Crippen LogP) is 4.48. The van der Waals surface area contributed by atoms with Crippen LogP contribution in [-0.4, -0.2) is 27.0 Å². The number of aromatic amines is 1. The molecule has 0 radical (unpaired) electrons. The van der Waals surface area contributed by atoms with Crippen LogP contribution in [0.25, 0.3) is 0 Å². The number of alkyl halides is 5. The van der Waals surface area contributed by atoms with Crippen LogP contribution in [0, 0.1) is 6.92 Å². The molecule has 3 rings (SSSR count). The molecule has 0 bridgehead atoms. The van der Waals surface area contributed by atoms with Crippen LogP contribution in [0.2, 0.25) is 0 Å². The van der Waals surface area contributed by atoms with E-state index in [2.05, 4.69) is 10.2 Å². The number of nitrogens with zero attached hydrogens (tertiary/aromatic N) is 2. The summed E-state index contributed by atoms with van der Waals surface area (Å²) in [6.07, 6.45) is -6.04. The molecule has 0 saturated heterocycles. The predicted molar refractivity (Wildman–Crippen MR) is 82.6 cm³/mol. The maximum Gasteiger partial charge on any atom is 0.416 e. The van der Waals surface area contributed by atoms with Crippen LogP contribution < -0.4 is 0 Å². The molecule has 0 atom stereocenters. The zero-order valence-electron chi connectivity index (χ0n) is 13.8. The highest BCUT2D eigenvalue weighted by atomic mass is 19.4. The fraction of sp³-hybridized carbons (Fsp3) is 0.412. The van der Waals surface area contributed by atoms with Gasteiger partial charge in [-0.1, -0.05) is 12.1 Å². The standard InChI is InChI=1S/C17H16F5N3O/c1-9-13(14(15(18)19)24-23-9)16(26)25(12-5-6-12)8-10-3-2-4-11(7-10)17(20,21)22/h2-4,7,12,15H,5-6,8H2,1H3,(H,23,24). The second kappa shape index (κ2) is 6.69. The molecule has 1 aromatic heterocycles. The van der Waals surface area contributed by atoms with E-state index in [1.54, 1.807) is 0 Å². The molecule has 9 heteroatoms. The number of carbonyl (C=O) groups is 1. The smallest absolute Gasteiger partial charge is 0.331 e. The number of rotatable bonds is 5. The highest BCUT2D eigenvalue weighted by molar-refractivity contribution is 5.96. The van der Waals surface area contributed by atoms with Gasteiger partial charge < -0.3 is 4.90 Å². The number of H-pyrrole nitrogens is 1. The molecule has 1 fully saturated rings. The largest absolute Gasteiger partial charge is 0.416 e. The third-order valence-corrected chi connectivity index (χ3v) is 4.25. The Bertz CT molecular complexity index is 811. The van der Waals surface area contributed by atoms with E-state index in [0.717, 1.165) is 12.1 Å². The number of aryl methyl sites for hydroxylation is 1. The molecule has 4 nitrogen and oxygen atoms in total. The average Bonchev–Trinajstić information content (AvgIpc) is 3.33. The zero-order valence-corrected chi connectivity index (χ0v) is 13.8.